The predicted molar refractivity (Wildman–Crippen MR) is 54.5 cm³/mol. The Morgan fingerprint density at radius 3 is 2.87 bits per heavy atom. The standard InChI is InChI=1S/C11H14N2O2/c14-11(10-1-4-12-13-8-10)7-9-2-5-15-6-3-9/h1,4,8-9H,2-3,5-7H2. The number of nitrogens with zero attached hydrogens (tertiary/aromatic N) is 2. The van der Waals surface area contributed by atoms with Gasteiger partial charge in [-0.2, -0.15) is 10.2 Å². The second-order valence-corrected chi connectivity index (χ2v) is 3.81. The third kappa shape index (κ3) is 2.83. The van der Waals surface area contributed by atoms with Crippen molar-refractivity contribution in [2.45, 2.75) is 19.3 Å². The average molecular weight is 206 g/mol. The van der Waals surface area contributed by atoms with Crippen molar-refractivity contribution in [1.29, 1.82) is 0 Å². The molecule has 0 spiro atoms. The van der Waals surface area contributed by atoms with Crippen molar-refractivity contribution in [1.82, 2.24) is 10.2 Å². The van der Waals surface area contributed by atoms with Gasteiger partial charge < -0.3 is 4.74 Å². The fraction of sp³-hybridized carbons (Fsp3) is 0.545. The lowest BCUT2D eigenvalue weighted by molar-refractivity contribution is 0.0601. The molecule has 1 aromatic heterocycles. The van der Waals surface area contributed by atoms with Crippen LogP contribution in [0.25, 0.3) is 0 Å². The number of rotatable bonds is 3. The molecule has 0 unspecified atom stereocenters. The first kappa shape index (κ1) is 10.2. The summed E-state index contributed by atoms with van der Waals surface area (Å²) < 4.78 is 5.25. The number of ether oxygens (including phenoxy) is 1. The van der Waals surface area contributed by atoms with Crippen LogP contribution in [0.1, 0.15) is 29.6 Å². The summed E-state index contributed by atoms with van der Waals surface area (Å²) in [6.07, 6.45) is 5.67. The van der Waals surface area contributed by atoms with Gasteiger partial charge in [-0.1, -0.05) is 0 Å². The second kappa shape index (κ2) is 4.98. The smallest absolute Gasteiger partial charge is 0.164 e. The predicted octanol–water partition coefficient (Wildman–Crippen LogP) is 1.48. The maximum Gasteiger partial charge on any atom is 0.164 e. The van der Waals surface area contributed by atoms with E-state index in [9.17, 15) is 4.79 Å². The molecule has 1 aromatic rings. The van der Waals surface area contributed by atoms with Crippen LogP contribution in [0.2, 0.25) is 0 Å². The average Bonchev–Trinajstić information content (AvgIpc) is 2.31. The zero-order chi connectivity index (χ0) is 10.5. The number of carbonyl (C=O) groups excluding carboxylic acids is 1. The van der Waals surface area contributed by atoms with E-state index in [0.29, 0.717) is 17.9 Å². The van der Waals surface area contributed by atoms with E-state index in [2.05, 4.69) is 10.2 Å². The van der Waals surface area contributed by atoms with Gasteiger partial charge in [-0.25, -0.2) is 0 Å². The molecule has 0 atom stereocenters. The molecule has 1 aliphatic heterocycles. The summed E-state index contributed by atoms with van der Waals surface area (Å²) in [7, 11) is 0. The van der Waals surface area contributed by atoms with E-state index in [1.54, 1.807) is 12.3 Å². The van der Waals surface area contributed by atoms with Crippen LogP contribution in [-0.2, 0) is 4.74 Å². The minimum atomic E-state index is 0.164. The molecule has 0 saturated carbocycles. The lowest BCUT2D eigenvalue weighted by Crippen LogP contribution is -2.18. The Hall–Kier alpha value is -1.29. The van der Waals surface area contributed by atoms with Crippen molar-refractivity contribution in [3.05, 3.63) is 24.0 Å². The third-order valence-corrected chi connectivity index (χ3v) is 2.72. The molecule has 0 radical (unpaired) electrons. The van der Waals surface area contributed by atoms with Crippen LogP contribution in [0.15, 0.2) is 18.5 Å². The van der Waals surface area contributed by atoms with Gasteiger partial charge in [-0.05, 0) is 24.8 Å². The van der Waals surface area contributed by atoms with Crippen molar-refractivity contribution in [3.8, 4) is 0 Å². The molecule has 0 aliphatic carbocycles. The number of hydrogen-bond donors (Lipinski definition) is 0. The van der Waals surface area contributed by atoms with Gasteiger partial charge in [0.15, 0.2) is 5.78 Å². The highest BCUT2D eigenvalue weighted by Gasteiger charge is 2.18. The van der Waals surface area contributed by atoms with E-state index in [-0.39, 0.29) is 5.78 Å². The number of hydrogen-bond acceptors (Lipinski definition) is 4. The minimum absolute atomic E-state index is 0.164. The SMILES string of the molecule is O=C(CC1CCOCC1)c1ccnnc1. The van der Waals surface area contributed by atoms with Crippen LogP contribution in [-0.4, -0.2) is 29.2 Å². The summed E-state index contributed by atoms with van der Waals surface area (Å²) in [5.74, 6) is 0.635. The van der Waals surface area contributed by atoms with E-state index in [0.717, 1.165) is 26.1 Å². The molecule has 1 aliphatic rings. The lowest BCUT2D eigenvalue weighted by atomic mass is 9.92. The normalized spacial score (nSPS) is 17.6. The van der Waals surface area contributed by atoms with Crippen molar-refractivity contribution in [2.75, 3.05) is 13.2 Å². The van der Waals surface area contributed by atoms with Crippen LogP contribution in [0, 0.1) is 5.92 Å². The monoisotopic (exact) mass is 206 g/mol. The number of carbonyl (C=O) groups is 1. The highest BCUT2D eigenvalue weighted by Crippen LogP contribution is 2.20. The Balaban J connectivity index is 1.91. The van der Waals surface area contributed by atoms with Gasteiger partial charge in [-0.15, -0.1) is 0 Å². The molecule has 15 heavy (non-hydrogen) atoms. The van der Waals surface area contributed by atoms with Gasteiger partial charge in [0.2, 0.25) is 0 Å². The molecule has 2 heterocycles. The van der Waals surface area contributed by atoms with Crippen LogP contribution in [0.5, 0.6) is 0 Å². The van der Waals surface area contributed by atoms with Gasteiger partial charge in [0.1, 0.15) is 0 Å². The number of ketones is 1. The van der Waals surface area contributed by atoms with E-state index in [1.807, 2.05) is 0 Å². The molecule has 4 heteroatoms. The number of aromatic nitrogens is 2. The Morgan fingerprint density at radius 1 is 1.40 bits per heavy atom. The summed E-state index contributed by atoms with van der Waals surface area (Å²) in [5, 5.41) is 7.36. The minimum Gasteiger partial charge on any atom is -0.381 e. The molecule has 1 fully saturated rings. The van der Waals surface area contributed by atoms with Gasteiger partial charge in [-0.3, -0.25) is 4.79 Å². The van der Waals surface area contributed by atoms with Crippen LogP contribution < -0.4 is 0 Å². The third-order valence-electron chi connectivity index (χ3n) is 2.72. The maximum atomic E-state index is 11.8. The molecule has 1 saturated heterocycles. The molecule has 4 nitrogen and oxygen atoms in total. The van der Waals surface area contributed by atoms with Crippen LogP contribution in [0.3, 0.4) is 0 Å². The van der Waals surface area contributed by atoms with Gasteiger partial charge in [0, 0.05) is 25.2 Å². The van der Waals surface area contributed by atoms with Crippen molar-refractivity contribution >= 4 is 5.78 Å². The van der Waals surface area contributed by atoms with E-state index in [1.165, 1.54) is 6.20 Å². The molecule has 0 bridgehead atoms. The quantitative estimate of drug-likeness (QED) is 0.703. The van der Waals surface area contributed by atoms with Crippen LogP contribution in [0.4, 0.5) is 0 Å². The Labute approximate surface area is 88.7 Å². The first-order valence-corrected chi connectivity index (χ1v) is 5.24. The van der Waals surface area contributed by atoms with E-state index >= 15 is 0 Å². The fourth-order valence-electron chi connectivity index (χ4n) is 1.79. The highest BCUT2D eigenvalue weighted by molar-refractivity contribution is 5.95. The summed E-state index contributed by atoms with van der Waals surface area (Å²) in [6, 6.07) is 1.72. The topological polar surface area (TPSA) is 52.1 Å². The summed E-state index contributed by atoms with van der Waals surface area (Å²) in [6.45, 7) is 1.57. The van der Waals surface area contributed by atoms with Gasteiger partial charge in [0.25, 0.3) is 0 Å². The molecule has 0 N–H and O–H groups in total. The Kier molecular flexibility index (Phi) is 3.40. The highest BCUT2D eigenvalue weighted by atomic mass is 16.5. The summed E-state index contributed by atoms with van der Waals surface area (Å²) >= 11 is 0. The van der Waals surface area contributed by atoms with Crippen LogP contribution >= 0.6 is 0 Å². The van der Waals surface area contributed by atoms with Gasteiger partial charge >= 0.3 is 0 Å². The maximum absolute atomic E-state index is 11.8. The number of Topliss-reactive ketones (excluding diaryl/α,β-unsaturated/α-hetero) is 1. The fourth-order valence-corrected chi connectivity index (χ4v) is 1.79. The molecular formula is C11H14N2O2. The first-order chi connectivity index (χ1) is 7.36. The molecule has 80 valence electrons. The lowest BCUT2D eigenvalue weighted by Gasteiger charge is -2.20. The van der Waals surface area contributed by atoms with Gasteiger partial charge in [0.05, 0.1) is 12.4 Å². The molecule has 0 amide bonds. The van der Waals surface area contributed by atoms with E-state index < -0.39 is 0 Å². The molecule has 2 rings (SSSR count). The zero-order valence-electron chi connectivity index (χ0n) is 8.56. The van der Waals surface area contributed by atoms with Crippen molar-refractivity contribution in [3.63, 3.8) is 0 Å². The molecular weight excluding hydrogens is 192 g/mol. The van der Waals surface area contributed by atoms with Crippen molar-refractivity contribution in [2.24, 2.45) is 5.92 Å². The molecule has 0 aromatic carbocycles. The second-order valence-electron chi connectivity index (χ2n) is 3.81. The van der Waals surface area contributed by atoms with Crippen molar-refractivity contribution < 1.29 is 9.53 Å². The largest absolute Gasteiger partial charge is 0.381 e. The Morgan fingerprint density at radius 2 is 2.20 bits per heavy atom. The summed E-state index contributed by atoms with van der Waals surface area (Å²) in [4.78, 5) is 11.8. The summed E-state index contributed by atoms with van der Waals surface area (Å²) in [5.41, 5.74) is 0.663. The first-order valence-electron chi connectivity index (χ1n) is 5.24. The zero-order valence-corrected chi connectivity index (χ0v) is 8.56. The van der Waals surface area contributed by atoms with E-state index in [4.69, 9.17) is 4.74 Å². The Bertz CT molecular complexity index is 321.